The molecule has 0 saturated carbocycles. The monoisotopic (exact) mass is 523 g/mol. The number of aromatic nitrogens is 2. The highest BCUT2D eigenvalue weighted by atomic mass is 32.2. The highest BCUT2D eigenvalue weighted by molar-refractivity contribution is 7.98. The minimum Gasteiger partial charge on any atom is -0.434 e. The summed E-state index contributed by atoms with van der Waals surface area (Å²) in [6.07, 6.45) is 6.41. The van der Waals surface area contributed by atoms with E-state index in [0.717, 1.165) is 34.0 Å². The van der Waals surface area contributed by atoms with E-state index < -0.39 is 30.9 Å². The lowest BCUT2D eigenvalue weighted by Crippen LogP contribution is -2.63. The minimum atomic E-state index is -0.916. The number of aliphatic hydroxyl groups excluding tert-OH is 1. The summed E-state index contributed by atoms with van der Waals surface area (Å²) in [5.41, 5.74) is 0.784. The number of rotatable bonds is 10. The number of thiazole rings is 1. The van der Waals surface area contributed by atoms with Crippen LogP contribution in [0.3, 0.4) is 0 Å². The van der Waals surface area contributed by atoms with Crippen LogP contribution in [0.15, 0.2) is 23.2 Å². The molecule has 2 aliphatic rings. The van der Waals surface area contributed by atoms with E-state index in [1.807, 2.05) is 30.7 Å². The number of nitrogens with zero attached hydrogens (tertiary/aromatic N) is 3. The summed E-state index contributed by atoms with van der Waals surface area (Å²) >= 11 is 2.99. The summed E-state index contributed by atoms with van der Waals surface area (Å²) in [6.45, 7) is 5.15. The summed E-state index contributed by atoms with van der Waals surface area (Å²) in [5, 5.41) is 11.0. The van der Waals surface area contributed by atoms with Gasteiger partial charge >= 0.3 is 12.1 Å². The molecule has 0 unspecified atom stereocenters. The Morgan fingerprint density at radius 2 is 2.06 bits per heavy atom. The second-order valence-corrected chi connectivity index (χ2v) is 10.4. The first-order chi connectivity index (χ1) is 16.8. The standard InChI is InChI=1S/C23H29N3O7S2/c1-5-6-7-8-31-23(30)33-11-32-22(29)18-15(12(2)17-16(13(3)27)20(28)26(17)18)14-9-25-10-24-19(34-4)21(25)35-14/h9-10,12-13,16-17,27H,5-8,11H2,1-4H3/t12-,13+,16+,17+/m0/s1. The van der Waals surface area contributed by atoms with Crippen LogP contribution in [0.5, 0.6) is 0 Å². The molecule has 0 aromatic carbocycles. The lowest BCUT2D eigenvalue weighted by Gasteiger charge is -2.46. The van der Waals surface area contributed by atoms with Gasteiger partial charge in [-0.15, -0.1) is 23.1 Å². The van der Waals surface area contributed by atoms with Crippen LogP contribution in [0.1, 0.15) is 44.9 Å². The number of hydrogen-bond acceptors (Lipinski definition) is 10. The minimum absolute atomic E-state index is 0.118. The fraction of sp³-hybridized carbons (Fsp3) is 0.565. The predicted octanol–water partition coefficient (Wildman–Crippen LogP) is 3.53. The van der Waals surface area contributed by atoms with Gasteiger partial charge in [0.15, 0.2) is 0 Å². The number of unbranched alkanes of at least 4 members (excludes halogenated alkanes) is 2. The van der Waals surface area contributed by atoms with Crippen molar-refractivity contribution in [2.75, 3.05) is 19.7 Å². The van der Waals surface area contributed by atoms with Crippen molar-refractivity contribution in [3.8, 4) is 0 Å². The maximum atomic E-state index is 13.2. The number of hydrogen-bond donors (Lipinski definition) is 1. The third kappa shape index (κ3) is 4.66. The van der Waals surface area contributed by atoms with E-state index in [4.69, 9.17) is 14.2 Å². The number of thioether (sulfide) groups is 1. The van der Waals surface area contributed by atoms with Gasteiger partial charge in [-0.3, -0.25) is 9.20 Å². The fourth-order valence-electron chi connectivity index (χ4n) is 4.67. The molecule has 4 rings (SSSR count). The zero-order chi connectivity index (χ0) is 25.3. The van der Waals surface area contributed by atoms with Crippen molar-refractivity contribution in [3.63, 3.8) is 0 Å². The lowest BCUT2D eigenvalue weighted by atomic mass is 9.77. The molecule has 0 aliphatic carbocycles. The van der Waals surface area contributed by atoms with Gasteiger partial charge in [0.05, 0.1) is 29.5 Å². The maximum Gasteiger partial charge on any atom is 0.511 e. The van der Waals surface area contributed by atoms with Gasteiger partial charge in [-0.25, -0.2) is 14.6 Å². The number of carbonyl (C=O) groups excluding carboxylic acids is 3. The summed E-state index contributed by atoms with van der Waals surface area (Å²) in [4.78, 5) is 45.3. The van der Waals surface area contributed by atoms with E-state index in [0.29, 0.717) is 5.57 Å². The summed E-state index contributed by atoms with van der Waals surface area (Å²) in [5.74, 6) is -1.92. The van der Waals surface area contributed by atoms with Crippen LogP contribution >= 0.6 is 23.1 Å². The molecule has 35 heavy (non-hydrogen) atoms. The van der Waals surface area contributed by atoms with Crippen molar-refractivity contribution in [1.29, 1.82) is 0 Å². The van der Waals surface area contributed by atoms with Crippen LogP contribution in [0.4, 0.5) is 4.79 Å². The van der Waals surface area contributed by atoms with Gasteiger partial charge in [0.25, 0.3) is 0 Å². The van der Waals surface area contributed by atoms with Crippen LogP contribution in [0.2, 0.25) is 0 Å². The average Bonchev–Trinajstić information content (AvgIpc) is 3.46. The van der Waals surface area contributed by atoms with Crippen molar-refractivity contribution in [2.24, 2.45) is 11.8 Å². The molecule has 12 heteroatoms. The van der Waals surface area contributed by atoms with E-state index in [9.17, 15) is 19.5 Å². The van der Waals surface area contributed by atoms with Crippen molar-refractivity contribution in [3.05, 3.63) is 23.1 Å². The Kier molecular flexibility index (Phi) is 7.72. The molecule has 2 aromatic rings. The van der Waals surface area contributed by atoms with Crippen molar-refractivity contribution < 1.29 is 33.7 Å². The Labute approximate surface area is 211 Å². The topological polar surface area (TPSA) is 120 Å². The molecule has 2 aromatic heterocycles. The first-order valence-corrected chi connectivity index (χ1v) is 13.6. The van der Waals surface area contributed by atoms with E-state index in [-0.39, 0.29) is 30.2 Å². The molecule has 1 amide bonds. The molecule has 1 N–H and O–H groups in total. The third-order valence-electron chi connectivity index (χ3n) is 6.34. The molecule has 0 bridgehead atoms. The second-order valence-electron chi connectivity index (χ2n) is 8.58. The third-order valence-corrected chi connectivity index (χ3v) is 8.30. The number of amides is 1. The first kappa shape index (κ1) is 25.5. The SMILES string of the molecule is CCCCCOC(=O)OCOC(=O)C1=C(c2cn3cnc(SC)c3s2)[C@H](C)[C@@H]2[C@@H]([C@@H](C)O)C(=O)N12. The van der Waals surface area contributed by atoms with E-state index in [2.05, 4.69) is 4.98 Å². The van der Waals surface area contributed by atoms with Crippen LogP contribution < -0.4 is 0 Å². The van der Waals surface area contributed by atoms with Crippen LogP contribution in [0, 0.1) is 11.8 Å². The smallest absolute Gasteiger partial charge is 0.434 e. The van der Waals surface area contributed by atoms with E-state index in [1.165, 1.54) is 28.0 Å². The average molecular weight is 524 g/mol. The Balaban J connectivity index is 1.55. The predicted molar refractivity (Wildman–Crippen MR) is 130 cm³/mol. The molecular formula is C23H29N3O7S2. The maximum absolute atomic E-state index is 13.2. The summed E-state index contributed by atoms with van der Waals surface area (Å²) in [7, 11) is 0. The molecule has 0 radical (unpaired) electrons. The molecular weight excluding hydrogens is 494 g/mol. The normalized spacial score (nSPS) is 22.3. The van der Waals surface area contributed by atoms with Gasteiger partial charge in [0, 0.05) is 17.7 Å². The summed E-state index contributed by atoms with van der Waals surface area (Å²) in [6, 6.07) is -0.357. The lowest BCUT2D eigenvalue weighted by molar-refractivity contribution is -0.166. The van der Waals surface area contributed by atoms with Gasteiger partial charge in [0.1, 0.15) is 21.9 Å². The highest BCUT2D eigenvalue weighted by Crippen LogP contribution is 2.52. The molecule has 1 saturated heterocycles. The van der Waals surface area contributed by atoms with Gasteiger partial charge in [-0.1, -0.05) is 26.7 Å². The fourth-order valence-corrected chi connectivity index (χ4v) is 6.59. The van der Waals surface area contributed by atoms with E-state index >= 15 is 0 Å². The zero-order valence-electron chi connectivity index (χ0n) is 20.1. The van der Waals surface area contributed by atoms with Gasteiger partial charge in [-0.05, 0) is 19.6 Å². The molecule has 4 heterocycles. The second kappa shape index (κ2) is 10.6. The van der Waals surface area contributed by atoms with Crippen LogP contribution in [-0.4, -0.2) is 69.2 Å². The van der Waals surface area contributed by atoms with Gasteiger partial charge in [0.2, 0.25) is 12.7 Å². The zero-order valence-corrected chi connectivity index (χ0v) is 21.7. The van der Waals surface area contributed by atoms with Crippen LogP contribution in [-0.2, 0) is 23.8 Å². The number of ether oxygens (including phenoxy) is 3. The molecule has 4 atom stereocenters. The number of esters is 1. The van der Waals surface area contributed by atoms with Crippen molar-refractivity contribution in [2.45, 2.75) is 57.2 Å². The highest BCUT2D eigenvalue weighted by Gasteiger charge is 2.60. The number of carbonyl (C=O) groups is 3. The van der Waals surface area contributed by atoms with Crippen molar-refractivity contribution >= 4 is 51.5 Å². The number of imidazole rings is 1. The number of β-lactam (4-membered cyclic amide) rings is 1. The molecule has 1 fully saturated rings. The Morgan fingerprint density at radius 1 is 1.29 bits per heavy atom. The molecule has 190 valence electrons. The first-order valence-electron chi connectivity index (χ1n) is 11.5. The quantitative estimate of drug-likeness (QED) is 0.164. The van der Waals surface area contributed by atoms with Gasteiger partial charge < -0.3 is 24.2 Å². The van der Waals surface area contributed by atoms with Crippen molar-refractivity contribution in [1.82, 2.24) is 14.3 Å². The Bertz CT molecular complexity index is 1160. The summed E-state index contributed by atoms with van der Waals surface area (Å²) < 4.78 is 16.9. The van der Waals surface area contributed by atoms with Gasteiger partial charge in [-0.2, -0.15) is 0 Å². The Morgan fingerprint density at radius 3 is 2.74 bits per heavy atom. The molecule has 2 aliphatic heterocycles. The number of fused-ring (bicyclic) bond motifs is 2. The largest absolute Gasteiger partial charge is 0.511 e. The molecule has 0 spiro atoms. The van der Waals surface area contributed by atoms with Crippen LogP contribution in [0.25, 0.3) is 10.4 Å². The number of aliphatic hydroxyl groups is 1. The van der Waals surface area contributed by atoms with E-state index in [1.54, 1.807) is 13.3 Å². The molecule has 10 nitrogen and oxygen atoms in total. The Hall–Kier alpha value is -2.57.